The van der Waals surface area contributed by atoms with Gasteiger partial charge in [-0.1, -0.05) is 129 Å². The largest absolute Gasteiger partial charge is 0.390 e. The highest BCUT2D eigenvalue weighted by Crippen LogP contribution is 2.34. The van der Waals surface area contributed by atoms with Crippen LogP contribution in [0.15, 0.2) is 12.2 Å². The van der Waals surface area contributed by atoms with Gasteiger partial charge >= 0.3 is 0 Å². The van der Waals surface area contributed by atoms with Crippen molar-refractivity contribution >= 4 is 65.0 Å². The van der Waals surface area contributed by atoms with Gasteiger partial charge in [0.1, 0.15) is 60.6 Å². The number of rotatable bonds is 22. The highest BCUT2D eigenvalue weighted by Gasteiger charge is 2.56. The summed E-state index contributed by atoms with van der Waals surface area (Å²) in [5.41, 5.74) is -2.31. The fourth-order valence-electron chi connectivity index (χ4n) is 12.4. The fourth-order valence-corrected chi connectivity index (χ4v) is 12.4. The number of nitrogens with one attached hydrogen (secondary N) is 5. The summed E-state index contributed by atoms with van der Waals surface area (Å²) in [6, 6.07) is -11.8. The van der Waals surface area contributed by atoms with Crippen LogP contribution in [-0.4, -0.2) is 239 Å². The van der Waals surface area contributed by atoms with Crippen LogP contribution in [0.1, 0.15) is 197 Å². The number of nitrogens with zero attached hydrogens (tertiary/aromatic N) is 7. The Morgan fingerprint density at radius 2 is 1.01 bits per heavy atom. The minimum atomic E-state index is -2.31. The topological polar surface area (TPSA) is 300 Å². The number of ether oxygens (including phenoxy) is 1. The van der Waals surface area contributed by atoms with E-state index in [9.17, 15) is 38.7 Å². The van der Waals surface area contributed by atoms with Crippen LogP contribution in [0.25, 0.3) is 0 Å². The SMILES string of the molecule is C/C=C/C[C@@H](C)[C@@H](O)[C@H]1C(=O)N[C@@H](CC)C(=O)N(C)CC(=O)N(C)[C@@H](CC(C)C)C(=O)N[C@@H](C(C)C)C(=O)N(C)[C@@H](CC(C)C)C(=O)N[C@@H](C)C(=O)N[C@H](C)C(=O)N(C)[C@@H](CC(C)C)C(=O)N(C)[C@@H](CC(C)C)C(=O)N(C)[C@](OC(C)NC(C)CC(C)CC)(C(C)C)C(=O)N1C. The predicted molar refractivity (Wildman–Crippen MR) is 375 cm³/mol. The van der Waals surface area contributed by atoms with E-state index in [0.717, 1.165) is 22.6 Å². The van der Waals surface area contributed by atoms with E-state index in [1.54, 1.807) is 67.5 Å². The highest BCUT2D eigenvalue weighted by atomic mass is 16.5. The van der Waals surface area contributed by atoms with Crippen LogP contribution < -0.4 is 26.6 Å². The van der Waals surface area contributed by atoms with E-state index in [2.05, 4.69) is 40.4 Å². The molecule has 0 spiro atoms. The summed E-state index contributed by atoms with van der Waals surface area (Å²) in [7, 11) is 9.85. The Labute approximate surface area is 576 Å². The predicted octanol–water partition coefficient (Wildman–Crippen LogP) is 5.37. The number of hydrogen-bond donors (Lipinski definition) is 6. The first kappa shape index (κ1) is 87.8. The number of carbonyl (C=O) groups is 11. The Morgan fingerprint density at radius 3 is 1.48 bits per heavy atom. The quantitative estimate of drug-likeness (QED) is 0.0587. The Bertz CT molecular complexity index is 2620. The minimum absolute atomic E-state index is 0.0164. The molecule has 15 atom stereocenters. The first-order chi connectivity index (χ1) is 44.3. The molecule has 96 heavy (non-hydrogen) atoms. The van der Waals surface area contributed by atoms with E-state index >= 15 is 19.2 Å². The third-order valence-electron chi connectivity index (χ3n) is 18.6. The molecule has 0 aromatic heterocycles. The maximum atomic E-state index is 16.3. The van der Waals surface area contributed by atoms with E-state index in [1.807, 2.05) is 62.3 Å². The lowest BCUT2D eigenvalue weighted by Crippen LogP contribution is -2.71. The molecule has 1 saturated heterocycles. The molecule has 1 heterocycles. The van der Waals surface area contributed by atoms with E-state index in [1.165, 1.54) is 87.7 Å². The molecule has 3 unspecified atom stereocenters. The molecule has 0 saturated carbocycles. The number of amides is 11. The number of hydrogen-bond acceptors (Lipinski definition) is 14. The van der Waals surface area contributed by atoms with Crippen LogP contribution in [0, 0.1) is 47.3 Å². The molecule has 1 aliphatic rings. The lowest BCUT2D eigenvalue weighted by atomic mass is 9.89. The molecule has 25 heteroatoms. The van der Waals surface area contributed by atoms with Gasteiger partial charge in [0.05, 0.1) is 12.6 Å². The summed E-state index contributed by atoms with van der Waals surface area (Å²) in [6.07, 6.45) is 3.37. The zero-order valence-electron chi connectivity index (χ0n) is 64.0. The maximum Gasteiger partial charge on any atom is 0.277 e. The van der Waals surface area contributed by atoms with Crippen molar-refractivity contribution in [1.82, 2.24) is 60.9 Å². The average molecular weight is 1360 g/mol. The smallest absolute Gasteiger partial charge is 0.277 e. The first-order valence-corrected chi connectivity index (χ1v) is 35.1. The summed E-state index contributed by atoms with van der Waals surface area (Å²) in [5, 5.41) is 27.1. The second-order valence-electron chi connectivity index (χ2n) is 29.7. The van der Waals surface area contributed by atoms with E-state index in [-0.39, 0.29) is 68.2 Å². The van der Waals surface area contributed by atoms with Crippen molar-refractivity contribution in [2.24, 2.45) is 47.3 Å². The van der Waals surface area contributed by atoms with Gasteiger partial charge in [0.2, 0.25) is 64.8 Å². The van der Waals surface area contributed by atoms with Crippen molar-refractivity contribution in [3.8, 4) is 0 Å². The molecule has 1 fully saturated rings. The van der Waals surface area contributed by atoms with Crippen LogP contribution >= 0.6 is 0 Å². The summed E-state index contributed by atoms with van der Waals surface area (Å²) in [4.78, 5) is 173. The molecule has 11 amide bonds. The number of aliphatic hydroxyl groups excluding tert-OH is 1. The van der Waals surface area contributed by atoms with Gasteiger partial charge in [-0.05, 0) is 121 Å². The lowest BCUT2D eigenvalue weighted by molar-refractivity contribution is -0.223. The van der Waals surface area contributed by atoms with Gasteiger partial charge in [0.15, 0.2) is 0 Å². The van der Waals surface area contributed by atoms with Gasteiger partial charge < -0.3 is 65.4 Å². The average Bonchev–Trinajstić information content (AvgIpc) is 0.760. The third-order valence-corrected chi connectivity index (χ3v) is 18.6. The van der Waals surface area contributed by atoms with Gasteiger partial charge in [-0.15, -0.1) is 0 Å². The lowest BCUT2D eigenvalue weighted by Gasteiger charge is -2.49. The number of allylic oxidation sites excluding steroid dienone is 2. The van der Waals surface area contributed by atoms with E-state index in [0.29, 0.717) is 5.92 Å². The minimum Gasteiger partial charge on any atom is -0.390 e. The Balaban J connectivity index is 4.67. The molecule has 0 aromatic rings. The molecule has 25 nitrogen and oxygen atoms in total. The Morgan fingerprint density at radius 1 is 0.552 bits per heavy atom. The second-order valence-corrected chi connectivity index (χ2v) is 29.7. The second kappa shape index (κ2) is 40.0. The molecule has 1 aliphatic heterocycles. The monoisotopic (exact) mass is 1360 g/mol. The summed E-state index contributed by atoms with van der Waals surface area (Å²) in [5.74, 6) is -10.5. The zero-order chi connectivity index (χ0) is 74.5. The standard InChI is InChI=1S/C71H130N12O13/c1-29-32-33-47(17)60(85)59-64(89)75-52(31-3)66(91)77(22)39-57(84)78(23)53(34-40(4)5)63(88)76-58(44(12)13)69(94)79(24)54(35-41(6)7)62(87)73-49(19)61(86)74-50(20)65(90)80(25)55(36-42(8)9)67(92)81(26)56(37-43(10)11)68(93)83(28)71(45(14)15,70(95)82(59)27)96-51(21)72-48(18)38-46(16)30-2/h29,32,40-56,58-60,72,85H,30-31,33-39H2,1-28H3,(H,73,87)(H,74,86)(H,75,89)(H,76,88)/b32-29+/t46?,47-,48?,49+,50-,51?,52+,53+,54+,55+,56+,58+,59+,60-,71+/m1/s1. The van der Waals surface area contributed by atoms with Crippen molar-refractivity contribution < 1.29 is 62.6 Å². The van der Waals surface area contributed by atoms with E-state index in [4.69, 9.17) is 4.74 Å². The van der Waals surface area contributed by atoms with Gasteiger partial charge in [0.25, 0.3) is 5.91 Å². The third kappa shape index (κ3) is 24.4. The maximum absolute atomic E-state index is 16.3. The van der Waals surface area contributed by atoms with Gasteiger partial charge in [-0.2, -0.15) is 0 Å². The molecular formula is C71H130N12O13. The molecule has 0 aromatic carbocycles. The molecule has 552 valence electrons. The summed E-state index contributed by atoms with van der Waals surface area (Å²) in [6.45, 7) is 37.1. The molecule has 6 N–H and O–H groups in total. The van der Waals surface area contributed by atoms with Gasteiger partial charge in [0, 0.05) is 61.3 Å². The Kier molecular flexibility index (Phi) is 36.6. The molecule has 0 aliphatic carbocycles. The van der Waals surface area contributed by atoms with Crippen LogP contribution in [0.5, 0.6) is 0 Å². The molecule has 1 rings (SSSR count). The number of aliphatic hydroxyl groups is 1. The van der Waals surface area contributed by atoms with Crippen molar-refractivity contribution in [3.05, 3.63) is 12.2 Å². The summed E-state index contributed by atoms with van der Waals surface area (Å²) < 4.78 is 7.02. The fraction of sp³-hybridized carbons (Fsp3) is 0.817. The van der Waals surface area contributed by atoms with Gasteiger partial charge in [-0.25, -0.2) is 0 Å². The normalized spacial score (nSPS) is 27.0. The van der Waals surface area contributed by atoms with Gasteiger partial charge in [-0.3, -0.25) is 58.1 Å². The van der Waals surface area contributed by atoms with Crippen LogP contribution in [0.2, 0.25) is 0 Å². The Hall–Kier alpha value is -6.21. The van der Waals surface area contributed by atoms with Crippen molar-refractivity contribution in [2.45, 2.75) is 275 Å². The summed E-state index contributed by atoms with van der Waals surface area (Å²) >= 11 is 0. The number of carbonyl (C=O) groups excluding carboxylic acids is 11. The molecular weight excluding hydrogens is 1230 g/mol. The first-order valence-electron chi connectivity index (χ1n) is 35.1. The zero-order valence-corrected chi connectivity index (χ0v) is 64.0. The molecule has 0 radical (unpaired) electrons. The highest BCUT2D eigenvalue weighted by molar-refractivity contribution is 6.00. The van der Waals surface area contributed by atoms with E-state index < -0.39 is 162 Å². The van der Waals surface area contributed by atoms with Crippen molar-refractivity contribution in [2.75, 3.05) is 55.9 Å². The van der Waals surface area contributed by atoms with Crippen LogP contribution in [0.3, 0.4) is 0 Å². The van der Waals surface area contributed by atoms with Crippen molar-refractivity contribution in [3.63, 3.8) is 0 Å². The van der Waals surface area contributed by atoms with Crippen molar-refractivity contribution in [1.29, 1.82) is 0 Å². The molecule has 0 bridgehead atoms. The van der Waals surface area contributed by atoms with Crippen LogP contribution in [0.4, 0.5) is 0 Å². The number of likely N-dealkylation sites (N-methyl/N-ethyl adjacent to an activating group) is 7. The van der Waals surface area contributed by atoms with Crippen LogP contribution in [-0.2, 0) is 57.5 Å².